The van der Waals surface area contributed by atoms with Crippen LogP contribution in [0.25, 0.3) is 10.9 Å². The summed E-state index contributed by atoms with van der Waals surface area (Å²) >= 11 is 0. The summed E-state index contributed by atoms with van der Waals surface area (Å²) in [6.45, 7) is 2.81. The van der Waals surface area contributed by atoms with Crippen molar-refractivity contribution in [1.82, 2.24) is 9.78 Å². The molecule has 82 valence electrons. The number of fused-ring (bicyclic) bond motifs is 1. The first kappa shape index (κ1) is 12.0. The van der Waals surface area contributed by atoms with Crippen molar-refractivity contribution in [2.45, 2.75) is 13.3 Å². The molecule has 1 aromatic carbocycles. The number of aromatic nitrogens is 2. The molecule has 4 heteroatoms. The van der Waals surface area contributed by atoms with E-state index in [2.05, 4.69) is 24.2 Å². The van der Waals surface area contributed by atoms with Crippen molar-refractivity contribution < 1.29 is 0 Å². The van der Waals surface area contributed by atoms with Gasteiger partial charge in [0.2, 0.25) is 0 Å². The molecule has 2 rings (SSSR count). The Morgan fingerprint density at radius 3 is 2.80 bits per heavy atom. The summed E-state index contributed by atoms with van der Waals surface area (Å²) in [6.07, 6.45) is 2.85. The largest absolute Gasteiger partial charge is 0.330 e. The minimum atomic E-state index is 0. The first-order valence-corrected chi connectivity index (χ1v) is 4.84. The summed E-state index contributed by atoms with van der Waals surface area (Å²) < 4.78 is 1.90. The predicted octanol–water partition coefficient (Wildman–Crippen LogP) is 1.80. The number of benzene rings is 1. The summed E-state index contributed by atoms with van der Waals surface area (Å²) in [5.41, 5.74) is 9.41. The van der Waals surface area contributed by atoms with E-state index in [1.165, 1.54) is 22.0 Å². The number of nitrogens with zero attached hydrogens (tertiary/aromatic N) is 2. The van der Waals surface area contributed by atoms with E-state index in [1.54, 1.807) is 0 Å². The minimum absolute atomic E-state index is 0. The Labute approximate surface area is 95.7 Å². The van der Waals surface area contributed by atoms with Crippen LogP contribution in [0.2, 0.25) is 0 Å². The molecule has 2 aromatic rings. The van der Waals surface area contributed by atoms with E-state index < -0.39 is 0 Å². The van der Waals surface area contributed by atoms with E-state index in [1.807, 2.05) is 17.9 Å². The fraction of sp³-hybridized carbons (Fsp3) is 0.364. The van der Waals surface area contributed by atoms with E-state index in [9.17, 15) is 0 Å². The predicted molar refractivity (Wildman–Crippen MR) is 65.5 cm³/mol. The van der Waals surface area contributed by atoms with Gasteiger partial charge in [0.1, 0.15) is 0 Å². The monoisotopic (exact) mass is 225 g/mol. The van der Waals surface area contributed by atoms with Gasteiger partial charge in [-0.15, -0.1) is 12.4 Å². The highest BCUT2D eigenvalue weighted by Crippen LogP contribution is 2.21. The highest BCUT2D eigenvalue weighted by atomic mass is 35.5. The van der Waals surface area contributed by atoms with E-state index in [0.717, 1.165) is 6.42 Å². The summed E-state index contributed by atoms with van der Waals surface area (Å²) in [6, 6.07) is 4.24. The number of nitrogens with two attached hydrogens (primary N) is 1. The second-order valence-corrected chi connectivity index (χ2v) is 3.60. The SMILES string of the molecule is Cc1ccc2c(cnn2C)c1CCN.Cl. The zero-order chi connectivity index (χ0) is 10.1. The third kappa shape index (κ3) is 1.98. The lowest BCUT2D eigenvalue weighted by atomic mass is 10.0. The second kappa shape index (κ2) is 4.64. The molecule has 0 aliphatic rings. The van der Waals surface area contributed by atoms with Crippen LogP contribution in [0.3, 0.4) is 0 Å². The van der Waals surface area contributed by atoms with Gasteiger partial charge in [0.05, 0.1) is 11.7 Å². The molecule has 0 atom stereocenters. The van der Waals surface area contributed by atoms with Gasteiger partial charge in [-0.05, 0) is 37.1 Å². The maximum atomic E-state index is 5.60. The summed E-state index contributed by atoms with van der Waals surface area (Å²) in [5.74, 6) is 0. The molecule has 1 heterocycles. The molecule has 0 saturated carbocycles. The molecule has 0 spiro atoms. The maximum absolute atomic E-state index is 5.60. The van der Waals surface area contributed by atoms with Gasteiger partial charge < -0.3 is 5.73 Å². The molecule has 0 radical (unpaired) electrons. The molecule has 15 heavy (non-hydrogen) atoms. The summed E-state index contributed by atoms with van der Waals surface area (Å²) in [7, 11) is 1.96. The Morgan fingerprint density at radius 1 is 1.40 bits per heavy atom. The fourth-order valence-corrected chi connectivity index (χ4v) is 1.87. The first-order chi connectivity index (χ1) is 6.74. The molecule has 0 saturated heterocycles. The Morgan fingerprint density at radius 2 is 2.13 bits per heavy atom. The molecule has 0 fully saturated rings. The number of halogens is 1. The topological polar surface area (TPSA) is 43.8 Å². The molecule has 0 aliphatic carbocycles. The molecule has 0 unspecified atom stereocenters. The van der Waals surface area contributed by atoms with Gasteiger partial charge in [0.25, 0.3) is 0 Å². The third-order valence-corrected chi connectivity index (χ3v) is 2.67. The van der Waals surface area contributed by atoms with Crippen LogP contribution in [-0.4, -0.2) is 16.3 Å². The average Bonchev–Trinajstić information content (AvgIpc) is 2.53. The first-order valence-electron chi connectivity index (χ1n) is 4.84. The Bertz CT molecular complexity index is 462. The van der Waals surface area contributed by atoms with Gasteiger partial charge in [0, 0.05) is 12.4 Å². The Balaban J connectivity index is 0.00000112. The van der Waals surface area contributed by atoms with Crippen LogP contribution in [0.15, 0.2) is 18.3 Å². The zero-order valence-corrected chi connectivity index (χ0v) is 9.84. The third-order valence-electron chi connectivity index (χ3n) is 2.67. The van der Waals surface area contributed by atoms with Gasteiger partial charge in [-0.3, -0.25) is 4.68 Å². The molecule has 0 bridgehead atoms. The normalized spacial score (nSPS) is 10.3. The van der Waals surface area contributed by atoms with Crippen LogP contribution in [0.5, 0.6) is 0 Å². The zero-order valence-electron chi connectivity index (χ0n) is 9.03. The highest BCUT2D eigenvalue weighted by Gasteiger charge is 2.06. The van der Waals surface area contributed by atoms with Crippen molar-refractivity contribution in [2.24, 2.45) is 12.8 Å². The molecular formula is C11H16ClN3. The minimum Gasteiger partial charge on any atom is -0.330 e. The van der Waals surface area contributed by atoms with Crippen LogP contribution < -0.4 is 5.73 Å². The molecule has 1 aromatic heterocycles. The lowest BCUT2D eigenvalue weighted by Crippen LogP contribution is -2.04. The van der Waals surface area contributed by atoms with Crippen LogP contribution in [0, 0.1) is 6.92 Å². The Hall–Kier alpha value is -1.06. The lowest BCUT2D eigenvalue weighted by Gasteiger charge is -2.05. The van der Waals surface area contributed by atoms with Crippen molar-refractivity contribution in [3.63, 3.8) is 0 Å². The Kier molecular flexibility index (Phi) is 3.72. The van der Waals surface area contributed by atoms with E-state index in [0.29, 0.717) is 6.54 Å². The van der Waals surface area contributed by atoms with Crippen LogP contribution >= 0.6 is 12.4 Å². The number of hydrogen-bond donors (Lipinski definition) is 1. The van der Waals surface area contributed by atoms with Crippen molar-refractivity contribution in [3.8, 4) is 0 Å². The van der Waals surface area contributed by atoms with Gasteiger partial charge in [-0.2, -0.15) is 5.10 Å². The van der Waals surface area contributed by atoms with Crippen LogP contribution in [-0.2, 0) is 13.5 Å². The van der Waals surface area contributed by atoms with Gasteiger partial charge in [0.15, 0.2) is 0 Å². The average molecular weight is 226 g/mol. The number of rotatable bonds is 2. The maximum Gasteiger partial charge on any atom is 0.0682 e. The second-order valence-electron chi connectivity index (χ2n) is 3.60. The summed E-state index contributed by atoms with van der Waals surface area (Å²) in [4.78, 5) is 0. The summed E-state index contributed by atoms with van der Waals surface area (Å²) in [5, 5.41) is 5.49. The quantitative estimate of drug-likeness (QED) is 0.847. The standard InChI is InChI=1S/C11H15N3.ClH/c1-8-3-4-11-10(7-13-14(11)2)9(8)5-6-12;/h3-4,7H,5-6,12H2,1-2H3;1H. The van der Waals surface area contributed by atoms with Crippen molar-refractivity contribution >= 4 is 23.3 Å². The van der Waals surface area contributed by atoms with Crippen molar-refractivity contribution in [2.75, 3.05) is 6.54 Å². The molecule has 3 nitrogen and oxygen atoms in total. The van der Waals surface area contributed by atoms with E-state index in [4.69, 9.17) is 5.73 Å². The van der Waals surface area contributed by atoms with E-state index in [-0.39, 0.29) is 12.4 Å². The van der Waals surface area contributed by atoms with Crippen molar-refractivity contribution in [1.29, 1.82) is 0 Å². The fourth-order valence-electron chi connectivity index (χ4n) is 1.87. The molecular weight excluding hydrogens is 210 g/mol. The molecule has 0 amide bonds. The highest BCUT2D eigenvalue weighted by molar-refractivity contribution is 5.85. The molecule has 0 aliphatic heterocycles. The van der Waals surface area contributed by atoms with Gasteiger partial charge in [-0.1, -0.05) is 6.07 Å². The molecule has 2 N–H and O–H groups in total. The smallest absolute Gasteiger partial charge is 0.0682 e. The number of hydrogen-bond acceptors (Lipinski definition) is 2. The van der Waals surface area contributed by atoms with Crippen LogP contribution in [0.4, 0.5) is 0 Å². The number of aryl methyl sites for hydroxylation is 2. The van der Waals surface area contributed by atoms with Crippen molar-refractivity contribution in [3.05, 3.63) is 29.5 Å². The van der Waals surface area contributed by atoms with Gasteiger partial charge in [-0.25, -0.2) is 0 Å². The van der Waals surface area contributed by atoms with E-state index >= 15 is 0 Å². The van der Waals surface area contributed by atoms with Crippen LogP contribution in [0.1, 0.15) is 11.1 Å². The lowest BCUT2D eigenvalue weighted by molar-refractivity contribution is 0.797. The van der Waals surface area contributed by atoms with Gasteiger partial charge >= 0.3 is 0 Å².